The molecule has 7 heterocycles. The van der Waals surface area contributed by atoms with Crippen LogP contribution in [0.4, 0.5) is 5.82 Å². The Balaban J connectivity index is 1.29. The number of H-pyrrole nitrogens is 1. The van der Waals surface area contributed by atoms with Crippen molar-refractivity contribution in [3.63, 3.8) is 0 Å². The second-order valence-electron chi connectivity index (χ2n) is 11.2. The number of sulfone groups is 1. The van der Waals surface area contributed by atoms with E-state index in [2.05, 4.69) is 35.3 Å². The van der Waals surface area contributed by atoms with Crippen molar-refractivity contribution >= 4 is 21.3 Å². The zero-order chi connectivity index (χ0) is 29.2. The van der Waals surface area contributed by atoms with Crippen molar-refractivity contribution in [1.29, 1.82) is 0 Å². The summed E-state index contributed by atoms with van der Waals surface area (Å²) in [6, 6.07) is 3.87. The third kappa shape index (κ3) is 4.44. The molecule has 5 aromatic heterocycles. The van der Waals surface area contributed by atoms with Crippen molar-refractivity contribution in [1.82, 2.24) is 49.4 Å². The molecule has 218 valence electrons. The zero-order valence-corrected chi connectivity index (χ0v) is 24.0. The number of nitrogens with one attached hydrogen (secondary N) is 1. The number of rotatable bonds is 6. The molecule has 0 saturated carbocycles. The summed E-state index contributed by atoms with van der Waals surface area (Å²) >= 11 is 0. The Hall–Kier alpha value is -4.21. The Bertz CT molecular complexity index is 1850. The molecule has 0 aliphatic carbocycles. The number of nitrogens with zero attached hydrogens (tertiary/aromatic N) is 9. The number of pyridine rings is 1. The van der Waals surface area contributed by atoms with Crippen molar-refractivity contribution in [2.45, 2.75) is 61.2 Å². The molecule has 7 rings (SSSR count). The van der Waals surface area contributed by atoms with Gasteiger partial charge in [0.2, 0.25) is 0 Å². The molecule has 2 aliphatic rings. The van der Waals surface area contributed by atoms with E-state index in [0.29, 0.717) is 35.6 Å². The van der Waals surface area contributed by atoms with Crippen molar-refractivity contribution in [2.75, 3.05) is 12.0 Å². The van der Waals surface area contributed by atoms with Crippen molar-refractivity contribution < 1.29 is 13.5 Å². The molecule has 2 saturated heterocycles. The average Bonchev–Trinajstić information content (AvgIpc) is 3.73. The number of aliphatic hydroxyl groups excluding tert-OH is 1. The van der Waals surface area contributed by atoms with Crippen molar-refractivity contribution in [3.05, 3.63) is 54.8 Å². The molecule has 2 aliphatic heterocycles. The molecule has 0 aromatic carbocycles. The molecule has 3 atom stereocenters. The van der Waals surface area contributed by atoms with Crippen LogP contribution in [0.15, 0.2) is 48.1 Å². The number of aryl methyl sites for hydroxylation is 1. The number of nitrogens with two attached hydrogens (primary N) is 1. The van der Waals surface area contributed by atoms with E-state index in [1.165, 1.54) is 10.8 Å². The molecule has 2 fully saturated rings. The minimum absolute atomic E-state index is 0.0157. The predicted molar refractivity (Wildman–Crippen MR) is 153 cm³/mol. The Morgan fingerprint density at radius 2 is 1.86 bits per heavy atom. The van der Waals surface area contributed by atoms with Crippen molar-refractivity contribution in [2.24, 2.45) is 7.05 Å². The summed E-state index contributed by atoms with van der Waals surface area (Å²) in [4.78, 5) is 15.9. The maximum absolute atomic E-state index is 13.1. The summed E-state index contributed by atoms with van der Waals surface area (Å²) in [5.41, 5.74) is 10.6. The Labute approximate surface area is 241 Å². The van der Waals surface area contributed by atoms with Crippen LogP contribution in [0.5, 0.6) is 0 Å². The van der Waals surface area contributed by atoms with Gasteiger partial charge in [-0.05, 0) is 31.7 Å². The smallest absolute Gasteiger partial charge is 0.180 e. The lowest BCUT2D eigenvalue weighted by Crippen LogP contribution is -2.53. The topological polar surface area (TPSA) is 186 Å². The van der Waals surface area contributed by atoms with Crippen LogP contribution >= 0.6 is 0 Å². The summed E-state index contributed by atoms with van der Waals surface area (Å²) < 4.78 is 29.4. The van der Waals surface area contributed by atoms with E-state index in [4.69, 9.17) is 10.7 Å². The van der Waals surface area contributed by atoms with E-state index in [9.17, 15) is 13.5 Å². The summed E-state index contributed by atoms with van der Waals surface area (Å²) in [6.07, 6.45) is 12.7. The van der Waals surface area contributed by atoms with Gasteiger partial charge >= 0.3 is 0 Å². The van der Waals surface area contributed by atoms with Crippen LogP contribution < -0.4 is 5.73 Å². The number of hydrogen-bond acceptors (Lipinski definition) is 11. The number of piperidine rings is 2. The number of aromatic amines is 1. The number of aliphatic hydroxyl groups is 1. The molecular weight excluding hydrogens is 558 g/mol. The summed E-state index contributed by atoms with van der Waals surface area (Å²) in [5.74, 6) is 0.264. The Kier molecular flexibility index (Phi) is 6.32. The maximum atomic E-state index is 13.1. The normalized spacial score (nSPS) is 22.0. The van der Waals surface area contributed by atoms with E-state index < -0.39 is 16.1 Å². The van der Waals surface area contributed by atoms with Crippen LogP contribution in [0.2, 0.25) is 0 Å². The van der Waals surface area contributed by atoms with Gasteiger partial charge < -0.3 is 10.8 Å². The molecular formula is C27H31N11O3S. The highest BCUT2D eigenvalue weighted by Gasteiger charge is 2.44. The van der Waals surface area contributed by atoms with Gasteiger partial charge in [0.05, 0.1) is 23.8 Å². The first-order valence-electron chi connectivity index (χ1n) is 13.8. The largest absolute Gasteiger partial charge is 0.382 e. The number of nitrogen functional groups attached to an aromatic ring is 1. The van der Waals surface area contributed by atoms with Gasteiger partial charge in [-0.15, -0.1) is 0 Å². The fourth-order valence-corrected chi connectivity index (χ4v) is 7.74. The molecule has 3 unspecified atom stereocenters. The highest BCUT2D eigenvalue weighted by molar-refractivity contribution is 7.91. The molecule has 15 heteroatoms. The van der Waals surface area contributed by atoms with Gasteiger partial charge in [-0.25, -0.2) is 18.4 Å². The fourth-order valence-electron chi connectivity index (χ4n) is 6.68. The Morgan fingerprint density at radius 1 is 1.07 bits per heavy atom. The number of hydrogen-bond donors (Lipinski definition) is 3. The fraction of sp³-hybridized carbons (Fsp3) is 0.407. The van der Waals surface area contributed by atoms with E-state index in [-0.39, 0.29) is 28.7 Å². The van der Waals surface area contributed by atoms with E-state index >= 15 is 0 Å². The summed E-state index contributed by atoms with van der Waals surface area (Å²) in [5, 5.41) is 26.4. The highest BCUT2D eigenvalue weighted by atomic mass is 32.2. The van der Waals surface area contributed by atoms with E-state index in [0.717, 1.165) is 42.3 Å². The van der Waals surface area contributed by atoms with Gasteiger partial charge in [-0.1, -0.05) is 12.5 Å². The lowest BCUT2D eigenvalue weighted by atomic mass is 9.76. The maximum Gasteiger partial charge on any atom is 0.180 e. The lowest BCUT2D eigenvalue weighted by molar-refractivity contribution is -0.104. The minimum atomic E-state index is -3.74. The van der Waals surface area contributed by atoms with Gasteiger partial charge in [0.25, 0.3) is 0 Å². The summed E-state index contributed by atoms with van der Waals surface area (Å²) in [7, 11) is -1.89. The summed E-state index contributed by atoms with van der Waals surface area (Å²) in [6.45, 7) is 0. The molecule has 5 aromatic rings. The molecule has 42 heavy (non-hydrogen) atoms. The van der Waals surface area contributed by atoms with Gasteiger partial charge in [0.1, 0.15) is 17.0 Å². The third-order valence-electron chi connectivity index (χ3n) is 8.49. The molecule has 0 spiro atoms. The second-order valence-corrected chi connectivity index (χ2v) is 13.2. The first kappa shape index (κ1) is 26.7. The average molecular weight is 590 g/mol. The van der Waals surface area contributed by atoms with Crippen LogP contribution in [0.3, 0.4) is 0 Å². The van der Waals surface area contributed by atoms with Gasteiger partial charge in [0, 0.05) is 60.4 Å². The van der Waals surface area contributed by atoms with Crippen LogP contribution in [0, 0.1) is 0 Å². The third-order valence-corrected chi connectivity index (χ3v) is 9.65. The van der Waals surface area contributed by atoms with Crippen molar-refractivity contribution in [3.8, 4) is 22.4 Å². The molecule has 2 bridgehead atoms. The number of fused-ring (bicyclic) bond motifs is 3. The van der Waals surface area contributed by atoms with E-state index in [1.54, 1.807) is 23.3 Å². The van der Waals surface area contributed by atoms with Gasteiger partial charge in [0.15, 0.2) is 27.5 Å². The van der Waals surface area contributed by atoms with Crippen LogP contribution in [0.1, 0.15) is 55.8 Å². The SMILES string of the molecule is Cn1cc(-c2ccc(-c3cnn4c(N)c(S(C)(=O)=O)c(C5CC6CCCC(C5)N6C(O)c5ncn[nH]5)nc34)cn2)cn1. The second kappa shape index (κ2) is 9.96. The molecule has 0 amide bonds. The molecule has 0 radical (unpaired) electrons. The van der Waals surface area contributed by atoms with Crippen LogP contribution in [0.25, 0.3) is 28.0 Å². The lowest BCUT2D eigenvalue weighted by Gasteiger charge is -2.50. The molecule has 4 N–H and O–H groups in total. The molecule has 14 nitrogen and oxygen atoms in total. The quantitative estimate of drug-likeness (QED) is 0.263. The Morgan fingerprint density at radius 3 is 2.48 bits per heavy atom. The highest BCUT2D eigenvalue weighted by Crippen LogP contribution is 2.46. The van der Waals surface area contributed by atoms with Crippen LogP contribution in [-0.4, -0.2) is 81.3 Å². The number of aromatic nitrogens is 9. The zero-order valence-electron chi connectivity index (χ0n) is 23.2. The minimum Gasteiger partial charge on any atom is -0.382 e. The predicted octanol–water partition coefficient (Wildman–Crippen LogP) is 2.09. The monoisotopic (exact) mass is 589 g/mol. The van der Waals surface area contributed by atoms with Gasteiger partial charge in [-0.3, -0.25) is 19.7 Å². The number of anilines is 1. The first-order chi connectivity index (χ1) is 20.2. The van der Waals surface area contributed by atoms with E-state index in [1.807, 2.05) is 25.4 Å². The first-order valence-corrected chi connectivity index (χ1v) is 15.7. The standard InChI is InChI=1S/C27H31N11O3S/c1-36-13-17(11-32-36)21-7-6-15(10-29-21)20-12-33-38-24(28)23(42(2,40)41)22(34-26(20)38)16-8-18-4-3-5-19(9-16)37(18)27(39)25-30-14-31-35-25/h6-7,10-14,16,18-19,27,39H,3-5,8-9,28H2,1-2H3,(H,30,31,35). The van der Waals surface area contributed by atoms with Gasteiger partial charge in [-0.2, -0.15) is 19.8 Å². The van der Waals surface area contributed by atoms with Crippen LogP contribution in [-0.2, 0) is 16.9 Å².